The maximum atomic E-state index is 11.4. The predicted molar refractivity (Wildman–Crippen MR) is 69.5 cm³/mol. The molecule has 2 rings (SSSR count). The summed E-state index contributed by atoms with van der Waals surface area (Å²) in [6.07, 6.45) is 1.53. The first kappa shape index (κ1) is 12.6. The van der Waals surface area contributed by atoms with Gasteiger partial charge in [0.1, 0.15) is 0 Å². The van der Waals surface area contributed by atoms with Gasteiger partial charge in [-0.15, -0.1) is 0 Å². The lowest BCUT2D eigenvalue weighted by Crippen LogP contribution is -2.16. The van der Waals surface area contributed by atoms with Crippen LogP contribution in [0.1, 0.15) is 30.0 Å². The largest absolute Gasteiger partial charge is 0.324 e. The average Bonchev–Trinajstić information content (AvgIpc) is 2.59. The van der Waals surface area contributed by atoms with Crippen LogP contribution in [0.3, 0.4) is 0 Å². The third-order valence-corrected chi connectivity index (χ3v) is 5.26. The average molecular weight is 253 g/mol. The van der Waals surface area contributed by atoms with Crippen LogP contribution in [-0.2, 0) is 9.84 Å². The Labute approximate surface area is 103 Å². The number of benzene rings is 1. The topological polar surface area (TPSA) is 60.2 Å². The molecule has 0 radical (unpaired) electrons. The molecule has 2 N–H and O–H groups in total. The fourth-order valence-corrected chi connectivity index (χ4v) is 4.25. The molecule has 0 aromatic heterocycles. The molecule has 17 heavy (non-hydrogen) atoms. The molecule has 2 atom stereocenters. The van der Waals surface area contributed by atoms with Crippen LogP contribution in [0, 0.1) is 12.8 Å². The zero-order valence-electron chi connectivity index (χ0n) is 10.1. The first-order chi connectivity index (χ1) is 7.96. The molecule has 0 amide bonds. The Morgan fingerprint density at radius 2 is 2.00 bits per heavy atom. The van der Waals surface area contributed by atoms with Crippen LogP contribution < -0.4 is 5.73 Å². The van der Waals surface area contributed by atoms with Crippen LogP contribution in [0.25, 0.3) is 0 Å². The molecule has 1 aromatic rings. The van der Waals surface area contributed by atoms with Crippen LogP contribution in [0.4, 0.5) is 0 Å². The number of hydrogen-bond donors (Lipinski definition) is 1. The Morgan fingerprint density at radius 1 is 1.35 bits per heavy atom. The van der Waals surface area contributed by atoms with Crippen molar-refractivity contribution in [3.05, 3.63) is 35.4 Å². The van der Waals surface area contributed by atoms with Crippen molar-refractivity contribution in [1.82, 2.24) is 0 Å². The Balaban J connectivity index is 1.98. The van der Waals surface area contributed by atoms with Crippen molar-refractivity contribution in [3.63, 3.8) is 0 Å². The minimum atomic E-state index is -2.79. The standard InChI is InChI=1S/C13H19NO2S/c1-10-2-4-12(5-3-10)13(14)8-11-6-7-17(15,16)9-11/h2-5,11,13H,6-9,14H2,1H3. The second-order valence-electron chi connectivity index (χ2n) is 5.02. The number of rotatable bonds is 3. The van der Waals surface area contributed by atoms with Gasteiger partial charge in [-0.3, -0.25) is 0 Å². The summed E-state index contributed by atoms with van der Waals surface area (Å²) in [4.78, 5) is 0. The molecule has 1 aromatic carbocycles. The Kier molecular flexibility index (Phi) is 3.54. The van der Waals surface area contributed by atoms with E-state index in [1.165, 1.54) is 5.56 Å². The Bertz CT molecular complexity index is 479. The summed E-state index contributed by atoms with van der Waals surface area (Å²) in [7, 11) is -2.79. The van der Waals surface area contributed by atoms with E-state index in [-0.39, 0.29) is 12.0 Å². The Morgan fingerprint density at radius 3 is 2.53 bits per heavy atom. The van der Waals surface area contributed by atoms with Gasteiger partial charge in [0.05, 0.1) is 11.5 Å². The molecular formula is C13H19NO2S. The number of hydrogen-bond acceptors (Lipinski definition) is 3. The lowest BCUT2D eigenvalue weighted by molar-refractivity contribution is 0.481. The van der Waals surface area contributed by atoms with Gasteiger partial charge in [0.15, 0.2) is 9.84 Å². The SMILES string of the molecule is Cc1ccc(C(N)CC2CCS(=O)(=O)C2)cc1. The van der Waals surface area contributed by atoms with Gasteiger partial charge in [0.25, 0.3) is 0 Å². The molecule has 1 aliphatic rings. The third kappa shape index (κ3) is 3.30. The molecular weight excluding hydrogens is 234 g/mol. The van der Waals surface area contributed by atoms with Crippen LogP contribution >= 0.6 is 0 Å². The van der Waals surface area contributed by atoms with E-state index in [0.29, 0.717) is 11.5 Å². The summed E-state index contributed by atoms with van der Waals surface area (Å²) < 4.78 is 22.7. The van der Waals surface area contributed by atoms with Crippen molar-refractivity contribution >= 4 is 9.84 Å². The van der Waals surface area contributed by atoms with Gasteiger partial charge in [-0.05, 0) is 31.2 Å². The maximum absolute atomic E-state index is 11.4. The van der Waals surface area contributed by atoms with Crippen LogP contribution in [0.5, 0.6) is 0 Å². The van der Waals surface area contributed by atoms with E-state index in [2.05, 4.69) is 0 Å². The maximum Gasteiger partial charge on any atom is 0.150 e. The summed E-state index contributed by atoms with van der Waals surface area (Å²) in [5, 5.41) is 0. The van der Waals surface area contributed by atoms with Crippen molar-refractivity contribution in [3.8, 4) is 0 Å². The number of sulfone groups is 1. The normalized spacial score (nSPS) is 24.7. The fraction of sp³-hybridized carbons (Fsp3) is 0.538. The second-order valence-corrected chi connectivity index (χ2v) is 7.25. The number of nitrogens with two attached hydrogens (primary N) is 1. The quantitative estimate of drug-likeness (QED) is 0.894. The van der Waals surface area contributed by atoms with Crippen molar-refractivity contribution in [2.75, 3.05) is 11.5 Å². The smallest absolute Gasteiger partial charge is 0.150 e. The molecule has 1 fully saturated rings. The van der Waals surface area contributed by atoms with E-state index in [1.54, 1.807) is 0 Å². The van der Waals surface area contributed by atoms with Crippen molar-refractivity contribution < 1.29 is 8.42 Å². The lowest BCUT2D eigenvalue weighted by Gasteiger charge is -2.16. The van der Waals surface area contributed by atoms with Gasteiger partial charge in [-0.2, -0.15) is 0 Å². The van der Waals surface area contributed by atoms with Gasteiger partial charge in [0, 0.05) is 6.04 Å². The van der Waals surface area contributed by atoms with Gasteiger partial charge in [-0.1, -0.05) is 29.8 Å². The summed E-state index contributed by atoms with van der Waals surface area (Å²) in [5.41, 5.74) is 8.43. The van der Waals surface area contributed by atoms with E-state index in [4.69, 9.17) is 5.73 Å². The van der Waals surface area contributed by atoms with Gasteiger partial charge in [-0.25, -0.2) is 8.42 Å². The minimum Gasteiger partial charge on any atom is -0.324 e. The molecule has 1 saturated heterocycles. The summed E-state index contributed by atoms with van der Waals surface area (Å²) >= 11 is 0. The molecule has 0 spiro atoms. The van der Waals surface area contributed by atoms with Gasteiger partial charge >= 0.3 is 0 Å². The van der Waals surface area contributed by atoms with E-state index in [1.807, 2.05) is 31.2 Å². The summed E-state index contributed by atoms with van der Waals surface area (Å²) in [6.45, 7) is 2.04. The van der Waals surface area contributed by atoms with E-state index < -0.39 is 9.84 Å². The van der Waals surface area contributed by atoms with Gasteiger partial charge < -0.3 is 5.73 Å². The first-order valence-electron chi connectivity index (χ1n) is 5.99. The molecule has 0 bridgehead atoms. The summed E-state index contributed by atoms with van der Waals surface area (Å²) in [5.74, 6) is 0.876. The molecule has 3 nitrogen and oxygen atoms in total. The highest BCUT2D eigenvalue weighted by Gasteiger charge is 2.29. The van der Waals surface area contributed by atoms with Crippen LogP contribution in [-0.4, -0.2) is 19.9 Å². The molecule has 0 saturated carbocycles. The van der Waals surface area contributed by atoms with E-state index >= 15 is 0 Å². The zero-order chi connectivity index (χ0) is 12.5. The molecule has 1 heterocycles. The fourth-order valence-electron chi connectivity index (χ4n) is 2.37. The highest BCUT2D eigenvalue weighted by Crippen LogP contribution is 2.27. The van der Waals surface area contributed by atoms with Crippen molar-refractivity contribution in [2.24, 2.45) is 11.7 Å². The highest BCUT2D eigenvalue weighted by atomic mass is 32.2. The van der Waals surface area contributed by atoms with Crippen molar-refractivity contribution in [2.45, 2.75) is 25.8 Å². The van der Waals surface area contributed by atoms with Gasteiger partial charge in [0.2, 0.25) is 0 Å². The molecule has 94 valence electrons. The first-order valence-corrected chi connectivity index (χ1v) is 7.81. The van der Waals surface area contributed by atoms with Crippen LogP contribution in [0.15, 0.2) is 24.3 Å². The molecule has 2 unspecified atom stereocenters. The second kappa shape index (κ2) is 4.78. The third-order valence-electron chi connectivity index (χ3n) is 3.42. The van der Waals surface area contributed by atoms with E-state index in [0.717, 1.165) is 18.4 Å². The molecule has 1 aliphatic heterocycles. The molecule has 0 aliphatic carbocycles. The predicted octanol–water partition coefficient (Wildman–Crippen LogP) is 1.82. The van der Waals surface area contributed by atoms with Crippen molar-refractivity contribution in [1.29, 1.82) is 0 Å². The molecule has 4 heteroatoms. The van der Waals surface area contributed by atoms with E-state index in [9.17, 15) is 8.42 Å². The number of aryl methyl sites for hydroxylation is 1. The Hall–Kier alpha value is -0.870. The summed E-state index contributed by atoms with van der Waals surface area (Å²) in [6, 6.07) is 8.10. The minimum absolute atomic E-state index is 0.0473. The monoisotopic (exact) mass is 253 g/mol. The zero-order valence-corrected chi connectivity index (χ0v) is 10.9. The lowest BCUT2D eigenvalue weighted by atomic mass is 9.94. The van der Waals surface area contributed by atoms with Crippen LogP contribution in [0.2, 0.25) is 0 Å². The highest BCUT2D eigenvalue weighted by molar-refractivity contribution is 7.91.